The standard InChI is InChI=1S/C15H17N3O2/c1-9-6-13-14(20-5-4-19-13)7-11(9)12-8-15(16-3)18-10(2)17-12/h6-8H,4-5H2,1-3H3,(H,16,17,18). The molecule has 1 aromatic carbocycles. The van der Waals surface area contributed by atoms with Gasteiger partial charge in [-0.1, -0.05) is 0 Å². The maximum absolute atomic E-state index is 5.64. The van der Waals surface area contributed by atoms with Crippen molar-refractivity contribution in [1.82, 2.24) is 9.97 Å². The maximum Gasteiger partial charge on any atom is 0.162 e. The smallest absolute Gasteiger partial charge is 0.162 e. The summed E-state index contributed by atoms with van der Waals surface area (Å²) in [5, 5.41) is 3.05. The monoisotopic (exact) mass is 271 g/mol. The molecule has 104 valence electrons. The molecule has 2 aromatic rings. The summed E-state index contributed by atoms with van der Waals surface area (Å²) in [6, 6.07) is 5.93. The zero-order valence-electron chi connectivity index (χ0n) is 11.9. The van der Waals surface area contributed by atoms with Crippen molar-refractivity contribution in [2.24, 2.45) is 0 Å². The average molecular weight is 271 g/mol. The third-order valence-corrected chi connectivity index (χ3v) is 3.26. The van der Waals surface area contributed by atoms with E-state index in [-0.39, 0.29) is 0 Å². The molecule has 1 N–H and O–H groups in total. The first-order valence-corrected chi connectivity index (χ1v) is 6.61. The minimum Gasteiger partial charge on any atom is -0.486 e. The number of anilines is 1. The van der Waals surface area contributed by atoms with Crippen LogP contribution in [0, 0.1) is 13.8 Å². The Kier molecular flexibility index (Phi) is 3.18. The van der Waals surface area contributed by atoms with E-state index < -0.39 is 0 Å². The summed E-state index contributed by atoms with van der Waals surface area (Å²) in [5.41, 5.74) is 3.03. The molecule has 1 aliphatic heterocycles. The van der Waals surface area contributed by atoms with Crippen LogP contribution in [0.4, 0.5) is 5.82 Å². The summed E-state index contributed by atoms with van der Waals surface area (Å²) in [5.74, 6) is 3.12. The molecule has 5 heteroatoms. The topological polar surface area (TPSA) is 56.3 Å². The van der Waals surface area contributed by atoms with Gasteiger partial charge in [0.15, 0.2) is 11.5 Å². The number of ether oxygens (including phenoxy) is 2. The molecule has 5 nitrogen and oxygen atoms in total. The fraction of sp³-hybridized carbons (Fsp3) is 0.333. The second-order valence-corrected chi connectivity index (χ2v) is 4.75. The number of benzene rings is 1. The molecule has 0 aliphatic carbocycles. The molecule has 0 spiro atoms. The van der Waals surface area contributed by atoms with Crippen molar-refractivity contribution in [3.8, 4) is 22.8 Å². The lowest BCUT2D eigenvalue weighted by Crippen LogP contribution is -2.15. The molecule has 0 unspecified atom stereocenters. The minimum atomic E-state index is 0.583. The van der Waals surface area contributed by atoms with Gasteiger partial charge in [-0.3, -0.25) is 0 Å². The first kappa shape index (κ1) is 12.7. The van der Waals surface area contributed by atoms with Gasteiger partial charge < -0.3 is 14.8 Å². The number of rotatable bonds is 2. The Morgan fingerprint density at radius 2 is 1.70 bits per heavy atom. The van der Waals surface area contributed by atoms with Gasteiger partial charge in [0.05, 0.1) is 5.69 Å². The molecule has 0 saturated carbocycles. The van der Waals surface area contributed by atoms with Gasteiger partial charge in [0.25, 0.3) is 0 Å². The highest BCUT2D eigenvalue weighted by Crippen LogP contribution is 2.37. The van der Waals surface area contributed by atoms with E-state index in [9.17, 15) is 0 Å². The molecule has 0 amide bonds. The predicted octanol–water partition coefficient (Wildman–Crippen LogP) is 2.57. The summed E-state index contributed by atoms with van der Waals surface area (Å²) >= 11 is 0. The van der Waals surface area contributed by atoms with E-state index in [1.54, 1.807) is 0 Å². The Labute approximate surface area is 118 Å². The number of aromatic nitrogens is 2. The summed E-state index contributed by atoms with van der Waals surface area (Å²) in [7, 11) is 1.85. The number of fused-ring (bicyclic) bond motifs is 1. The van der Waals surface area contributed by atoms with E-state index in [0.717, 1.165) is 40.0 Å². The molecule has 1 aromatic heterocycles. The summed E-state index contributed by atoms with van der Waals surface area (Å²) in [6.45, 7) is 5.12. The van der Waals surface area contributed by atoms with E-state index >= 15 is 0 Å². The van der Waals surface area contributed by atoms with Crippen LogP contribution >= 0.6 is 0 Å². The van der Waals surface area contributed by atoms with Gasteiger partial charge in [-0.25, -0.2) is 9.97 Å². The fourth-order valence-electron chi connectivity index (χ4n) is 2.30. The molecule has 0 saturated heterocycles. The molecule has 20 heavy (non-hydrogen) atoms. The largest absolute Gasteiger partial charge is 0.486 e. The third-order valence-electron chi connectivity index (χ3n) is 3.26. The van der Waals surface area contributed by atoms with Crippen LogP contribution in [0.3, 0.4) is 0 Å². The normalized spacial score (nSPS) is 13.2. The van der Waals surface area contributed by atoms with Gasteiger partial charge in [-0.05, 0) is 31.5 Å². The van der Waals surface area contributed by atoms with Crippen LogP contribution in [0.2, 0.25) is 0 Å². The lowest BCUT2D eigenvalue weighted by Gasteiger charge is -2.20. The predicted molar refractivity (Wildman–Crippen MR) is 77.5 cm³/mol. The Morgan fingerprint density at radius 3 is 2.40 bits per heavy atom. The number of hydrogen-bond acceptors (Lipinski definition) is 5. The van der Waals surface area contributed by atoms with E-state index in [2.05, 4.69) is 15.3 Å². The van der Waals surface area contributed by atoms with Crippen molar-refractivity contribution in [3.63, 3.8) is 0 Å². The number of nitrogens with one attached hydrogen (secondary N) is 1. The first-order chi connectivity index (χ1) is 9.67. The number of aryl methyl sites for hydroxylation is 2. The molecule has 0 fully saturated rings. The number of hydrogen-bond donors (Lipinski definition) is 1. The van der Waals surface area contributed by atoms with Crippen molar-refractivity contribution in [1.29, 1.82) is 0 Å². The van der Waals surface area contributed by atoms with Crippen LogP contribution in [-0.2, 0) is 0 Å². The molecule has 0 atom stereocenters. The Hall–Kier alpha value is -2.30. The highest BCUT2D eigenvalue weighted by atomic mass is 16.6. The van der Waals surface area contributed by atoms with Gasteiger partial charge in [-0.2, -0.15) is 0 Å². The van der Waals surface area contributed by atoms with Crippen molar-refractivity contribution in [3.05, 3.63) is 29.6 Å². The molecular formula is C15H17N3O2. The van der Waals surface area contributed by atoms with Crippen LogP contribution in [0.25, 0.3) is 11.3 Å². The van der Waals surface area contributed by atoms with Gasteiger partial charge in [0.2, 0.25) is 0 Å². The van der Waals surface area contributed by atoms with Gasteiger partial charge in [0, 0.05) is 18.7 Å². The van der Waals surface area contributed by atoms with E-state index in [1.165, 1.54) is 0 Å². The maximum atomic E-state index is 5.64. The molecule has 0 bridgehead atoms. The van der Waals surface area contributed by atoms with E-state index in [4.69, 9.17) is 9.47 Å². The van der Waals surface area contributed by atoms with Gasteiger partial charge in [-0.15, -0.1) is 0 Å². The summed E-state index contributed by atoms with van der Waals surface area (Å²) < 4.78 is 11.2. The average Bonchev–Trinajstić information content (AvgIpc) is 2.45. The first-order valence-electron chi connectivity index (χ1n) is 6.61. The van der Waals surface area contributed by atoms with Crippen LogP contribution in [0.5, 0.6) is 11.5 Å². The van der Waals surface area contributed by atoms with Crippen LogP contribution < -0.4 is 14.8 Å². The zero-order valence-corrected chi connectivity index (χ0v) is 11.9. The molecule has 0 radical (unpaired) electrons. The number of nitrogens with zero attached hydrogens (tertiary/aromatic N) is 2. The lowest BCUT2D eigenvalue weighted by atomic mass is 10.0. The van der Waals surface area contributed by atoms with Crippen LogP contribution in [-0.4, -0.2) is 30.2 Å². The highest BCUT2D eigenvalue weighted by molar-refractivity contribution is 5.70. The summed E-state index contributed by atoms with van der Waals surface area (Å²) in [4.78, 5) is 8.83. The van der Waals surface area contributed by atoms with Gasteiger partial charge in [0.1, 0.15) is 24.9 Å². The quantitative estimate of drug-likeness (QED) is 0.909. The second-order valence-electron chi connectivity index (χ2n) is 4.75. The highest BCUT2D eigenvalue weighted by Gasteiger charge is 2.16. The summed E-state index contributed by atoms with van der Waals surface area (Å²) in [6.07, 6.45) is 0. The van der Waals surface area contributed by atoms with Crippen molar-refractivity contribution < 1.29 is 9.47 Å². The van der Waals surface area contributed by atoms with Crippen molar-refractivity contribution in [2.45, 2.75) is 13.8 Å². The van der Waals surface area contributed by atoms with E-state index in [1.807, 2.05) is 39.1 Å². The zero-order chi connectivity index (χ0) is 14.1. The van der Waals surface area contributed by atoms with Crippen molar-refractivity contribution in [2.75, 3.05) is 25.6 Å². The second kappa shape index (κ2) is 5.00. The Morgan fingerprint density at radius 1 is 1.00 bits per heavy atom. The molecule has 2 heterocycles. The molecule has 1 aliphatic rings. The molecular weight excluding hydrogens is 254 g/mol. The third kappa shape index (κ3) is 2.27. The van der Waals surface area contributed by atoms with E-state index in [0.29, 0.717) is 13.2 Å². The Balaban J connectivity index is 2.12. The fourth-order valence-corrected chi connectivity index (χ4v) is 2.30. The van der Waals surface area contributed by atoms with Gasteiger partial charge >= 0.3 is 0 Å². The minimum absolute atomic E-state index is 0.583. The molecule has 3 rings (SSSR count). The Bertz CT molecular complexity index is 656. The van der Waals surface area contributed by atoms with Crippen LogP contribution in [0.1, 0.15) is 11.4 Å². The SMILES string of the molecule is CNc1cc(-c2cc3c(cc2C)OCCO3)nc(C)n1. The van der Waals surface area contributed by atoms with Crippen LogP contribution in [0.15, 0.2) is 18.2 Å². The lowest BCUT2D eigenvalue weighted by molar-refractivity contribution is 0.171. The van der Waals surface area contributed by atoms with Crippen molar-refractivity contribution >= 4 is 5.82 Å².